The van der Waals surface area contributed by atoms with Gasteiger partial charge in [-0.3, -0.25) is 14.6 Å². The number of methoxy groups -OCH3 is 1. The Kier molecular flexibility index (Phi) is 8.61. The number of piperazine rings is 1. The Labute approximate surface area is 260 Å². The van der Waals surface area contributed by atoms with E-state index in [4.69, 9.17) is 15.7 Å². The smallest absolute Gasteiger partial charge is 0.272 e. The number of fused-ring (bicyclic) bond motifs is 2. The molecule has 0 bridgehead atoms. The van der Waals surface area contributed by atoms with E-state index < -0.39 is 0 Å². The van der Waals surface area contributed by atoms with Crippen molar-refractivity contribution in [3.05, 3.63) is 77.4 Å². The summed E-state index contributed by atoms with van der Waals surface area (Å²) < 4.78 is 8.69. The number of rotatable bonds is 9. The lowest BCUT2D eigenvalue weighted by atomic mass is 10.0. The highest BCUT2D eigenvalue weighted by atomic mass is 32.1. The summed E-state index contributed by atoms with van der Waals surface area (Å²) in [4.78, 5) is 22.6. The van der Waals surface area contributed by atoms with Gasteiger partial charge >= 0.3 is 0 Å². The first-order chi connectivity index (χ1) is 21.5. The first-order valence-corrected chi connectivity index (χ1v) is 15.5. The Bertz CT molecular complexity index is 1890. The zero-order valence-corrected chi connectivity index (χ0v) is 25.7. The van der Waals surface area contributed by atoms with Gasteiger partial charge in [-0.15, -0.1) is 11.3 Å². The zero-order valence-electron chi connectivity index (χ0n) is 24.9. The van der Waals surface area contributed by atoms with Crippen molar-refractivity contribution in [1.82, 2.24) is 19.4 Å². The molecule has 0 unspecified atom stereocenters. The van der Waals surface area contributed by atoms with Gasteiger partial charge in [-0.2, -0.15) is 5.26 Å². The number of carbonyl (C=O) groups is 1. The van der Waals surface area contributed by atoms with E-state index in [1.165, 1.54) is 0 Å². The number of pyridine rings is 1. The minimum atomic E-state index is -0.207. The van der Waals surface area contributed by atoms with E-state index in [1.807, 2.05) is 66.3 Å². The number of para-hydroxylation sites is 1. The fourth-order valence-corrected chi connectivity index (χ4v) is 6.88. The number of benzene rings is 2. The fourth-order valence-electron chi connectivity index (χ4n) is 5.81. The van der Waals surface area contributed by atoms with Crippen LogP contribution in [0.15, 0.2) is 66.2 Å². The van der Waals surface area contributed by atoms with Crippen molar-refractivity contribution in [2.24, 2.45) is 7.05 Å². The molecule has 0 radical (unpaired) electrons. The van der Waals surface area contributed by atoms with E-state index in [9.17, 15) is 4.79 Å². The van der Waals surface area contributed by atoms with Crippen molar-refractivity contribution in [2.75, 3.05) is 57.4 Å². The number of ether oxygens (including phenoxy) is 1. The number of nitrogens with two attached hydrogens (primary N) is 1. The van der Waals surface area contributed by atoms with Crippen molar-refractivity contribution < 1.29 is 9.53 Å². The molecule has 0 atom stereocenters. The number of aromatic nitrogens is 2. The monoisotopic (exact) mass is 605 g/mol. The average Bonchev–Trinajstić information content (AvgIpc) is 3.65. The molecular weight excluding hydrogens is 570 g/mol. The summed E-state index contributed by atoms with van der Waals surface area (Å²) in [6.45, 7) is 5.69. The van der Waals surface area contributed by atoms with Crippen LogP contribution in [0.1, 0.15) is 22.5 Å². The summed E-state index contributed by atoms with van der Waals surface area (Å²) >= 11 is 1.64. The average molecular weight is 606 g/mol. The molecule has 1 aliphatic heterocycles. The second-order valence-electron chi connectivity index (χ2n) is 10.9. The van der Waals surface area contributed by atoms with E-state index in [2.05, 4.69) is 43.7 Å². The molecule has 3 N–H and O–H groups in total. The van der Waals surface area contributed by atoms with Crippen molar-refractivity contribution in [1.29, 1.82) is 5.26 Å². The predicted molar refractivity (Wildman–Crippen MR) is 179 cm³/mol. The summed E-state index contributed by atoms with van der Waals surface area (Å²) in [7, 11) is 3.49. The maximum Gasteiger partial charge on any atom is 0.272 e. The Balaban J connectivity index is 1.20. The molecule has 2 aromatic carbocycles. The highest BCUT2D eigenvalue weighted by Gasteiger charge is 2.19. The Morgan fingerprint density at radius 3 is 2.73 bits per heavy atom. The first kappa shape index (κ1) is 29.4. The van der Waals surface area contributed by atoms with E-state index in [1.54, 1.807) is 18.4 Å². The first-order valence-electron chi connectivity index (χ1n) is 14.6. The van der Waals surface area contributed by atoms with Gasteiger partial charge < -0.3 is 20.4 Å². The zero-order chi connectivity index (χ0) is 30.6. The number of nitrogens with one attached hydrogen (secondary N) is 1. The third kappa shape index (κ3) is 5.90. The van der Waals surface area contributed by atoms with Crippen molar-refractivity contribution in [3.8, 4) is 22.9 Å². The van der Waals surface area contributed by atoms with Crippen molar-refractivity contribution >= 4 is 55.8 Å². The number of thiophene rings is 1. The van der Waals surface area contributed by atoms with Gasteiger partial charge in [-0.1, -0.05) is 36.4 Å². The Morgan fingerprint density at radius 1 is 1.16 bits per heavy atom. The van der Waals surface area contributed by atoms with Gasteiger partial charge in [-0.25, -0.2) is 4.98 Å². The molecule has 0 saturated carbocycles. The molecule has 0 spiro atoms. The minimum Gasteiger partial charge on any atom is -0.495 e. The van der Waals surface area contributed by atoms with Gasteiger partial charge in [0.15, 0.2) is 0 Å². The van der Waals surface area contributed by atoms with Crippen LogP contribution in [0.4, 0.5) is 11.5 Å². The molecule has 3 aromatic heterocycles. The quantitative estimate of drug-likeness (QED) is 0.217. The number of hydrogen-bond donors (Lipinski definition) is 2. The van der Waals surface area contributed by atoms with Crippen LogP contribution in [-0.2, 0) is 7.05 Å². The normalized spacial score (nSPS) is 14.4. The number of amides is 1. The molecule has 10 heteroatoms. The molecule has 9 nitrogen and oxygen atoms in total. The summed E-state index contributed by atoms with van der Waals surface area (Å²) in [5.41, 5.74) is 11.5. The Morgan fingerprint density at radius 2 is 1.95 bits per heavy atom. The SMILES string of the molecule is COc1cc(-c2csc3c(/C=C/CN4CCN(CCC#N)CC4)cnc(N)c23)ccc1NC(=O)c1cc2ccccc2n1C. The van der Waals surface area contributed by atoms with Crippen LogP contribution in [0, 0.1) is 11.3 Å². The van der Waals surface area contributed by atoms with Gasteiger partial charge in [0, 0.05) is 91.0 Å². The molecule has 224 valence electrons. The van der Waals surface area contributed by atoms with Crippen LogP contribution in [0.3, 0.4) is 0 Å². The standard InChI is InChI=1S/C34H35N7O2S/c1-39-28-9-4-3-7-24(28)19-29(39)34(42)38-27-11-10-23(20-30(27)43-2)26-22-44-32-25(21-37-33(36)31(26)32)8-5-13-40-15-17-41(18-16-40)14-6-12-35/h3-5,7-11,19-22H,6,13-18H2,1-2H3,(H2,36,37)(H,38,42)/b8-5+. The molecule has 5 aromatic rings. The van der Waals surface area contributed by atoms with Crippen LogP contribution in [-0.4, -0.2) is 71.6 Å². The number of hydrogen-bond acceptors (Lipinski definition) is 8. The lowest BCUT2D eigenvalue weighted by molar-refractivity contribution is 0.101. The Hall–Kier alpha value is -4.69. The number of nitrogen functional groups attached to an aromatic ring is 1. The lowest BCUT2D eigenvalue weighted by Crippen LogP contribution is -2.46. The second kappa shape index (κ2) is 12.9. The van der Waals surface area contributed by atoms with Gasteiger partial charge in [0.1, 0.15) is 17.3 Å². The highest BCUT2D eigenvalue weighted by Crippen LogP contribution is 2.41. The van der Waals surface area contributed by atoms with Crippen molar-refractivity contribution in [2.45, 2.75) is 6.42 Å². The lowest BCUT2D eigenvalue weighted by Gasteiger charge is -2.33. The van der Waals surface area contributed by atoms with Crippen LogP contribution in [0.2, 0.25) is 0 Å². The van der Waals surface area contributed by atoms with Crippen LogP contribution >= 0.6 is 11.3 Å². The van der Waals surface area contributed by atoms with Gasteiger partial charge in [-0.05, 0) is 35.2 Å². The summed E-state index contributed by atoms with van der Waals surface area (Å²) in [5, 5.41) is 15.9. The molecule has 1 fully saturated rings. The molecular formula is C34H35N7O2S. The third-order valence-electron chi connectivity index (χ3n) is 8.26. The molecule has 6 rings (SSSR count). The summed E-state index contributed by atoms with van der Waals surface area (Å²) in [5.74, 6) is 0.833. The van der Waals surface area contributed by atoms with E-state index in [0.717, 1.165) is 76.9 Å². The predicted octanol–water partition coefficient (Wildman–Crippen LogP) is 5.84. The molecule has 1 aliphatic rings. The van der Waals surface area contributed by atoms with Gasteiger partial charge in [0.25, 0.3) is 5.91 Å². The van der Waals surface area contributed by atoms with E-state index >= 15 is 0 Å². The van der Waals surface area contributed by atoms with Crippen LogP contribution in [0.25, 0.3) is 38.2 Å². The van der Waals surface area contributed by atoms with Crippen LogP contribution < -0.4 is 15.8 Å². The molecule has 0 aliphatic carbocycles. The number of nitriles is 1. The van der Waals surface area contributed by atoms with E-state index in [-0.39, 0.29) is 5.91 Å². The summed E-state index contributed by atoms with van der Waals surface area (Å²) in [6, 6.07) is 17.8. The number of anilines is 2. The van der Waals surface area contributed by atoms with E-state index in [0.29, 0.717) is 29.4 Å². The third-order valence-corrected chi connectivity index (χ3v) is 9.29. The van der Waals surface area contributed by atoms with Crippen molar-refractivity contribution in [3.63, 3.8) is 0 Å². The largest absolute Gasteiger partial charge is 0.495 e. The molecule has 1 amide bonds. The maximum atomic E-state index is 13.3. The number of aryl methyl sites for hydroxylation is 1. The maximum absolute atomic E-state index is 13.3. The fraction of sp³-hybridized carbons (Fsp3) is 0.265. The van der Waals surface area contributed by atoms with Gasteiger partial charge in [0.05, 0.1) is 18.9 Å². The van der Waals surface area contributed by atoms with Crippen LogP contribution in [0.5, 0.6) is 5.75 Å². The topological polar surface area (TPSA) is 112 Å². The number of carbonyl (C=O) groups excluding carboxylic acids is 1. The highest BCUT2D eigenvalue weighted by molar-refractivity contribution is 7.18. The number of nitrogens with zero attached hydrogens (tertiary/aromatic N) is 5. The molecule has 4 heterocycles. The minimum absolute atomic E-state index is 0.207. The molecule has 1 saturated heterocycles. The molecule has 44 heavy (non-hydrogen) atoms. The second-order valence-corrected chi connectivity index (χ2v) is 11.8. The van der Waals surface area contributed by atoms with Gasteiger partial charge in [0.2, 0.25) is 0 Å². The summed E-state index contributed by atoms with van der Waals surface area (Å²) in [6.07, 6.45) is 6.74.